The Morgan fingerprint density at radius 2 is 2.00 bits per heavy atom. The van der Waals surface area contributed by atoms with Gasteiger partial charge in [0.25, 0.3) is 0 Å². The highest BCUT2D eigenvalue weighted by atomic mass is 16.1. The van der Waals surface area contributed by atoms with Crippen molar-refractivity contribution in [1.29, 1.82) is 0 Å². The van der Waals surface area contributed by atoms with Gasteiger partial charge in [0.15, 0.2) is 0 Å². The number of amides is 1. The van der Waals surface area contributed by atoms with Crippen molar-refractivity contribution >= 4 is 5.91 Å². The Labute approximate surface area is 115 Å². The lowest BCUT2D eigenvalue weighted by atomic mass is 9.79. The molecule has 4 rings (SSSR count). The predicted molar refractivity (Wildman–Crippen MR) is 74.6 cm³/mol. The minimum atomic E-state index is 0.320. The van der Waals surface area contributed by atoms with Crippen LogP contribution in [0.1, 0.15) is 44.9 Å². The van der Waals surface area contributed by atoms with Gasteiger partial charge in [0.2, 0.25) is 5.91 Å². The summed E-state index contributed by atoms with van der Waals surface area (Å²) >= 11 is 0. The molecular formula is C16H26N2O. The molecule has 2 N–H and O–H groups in total. The van der Waals surface area contributed by atoms with Crippen molar-refractivity contribution in [2.24, 2.45) is 29.6 Å². The van der Waals surface area contributed by atoms with Crippen molar-refractivity contribution < 1.29 is 4.79 Å². The van der Waals surface area contributed by atoms with E-state index in [2.05, 4.69) is 10.6 Å². The lowest BCUT2D eigenvalue weighted by Gasteiger charge is -2.32. The smallest absolute Gasteiger partial charge is 0.220 e. The fourth-order valence-corrected chi connectivity index (χ4v) is 5.65. The maximum absolute atomic E-state index is 12.2. The lowest BCUT2D eigenvalue weighted by molar-refractivity contribution is -0.123. The second kappa shape index (κ2) is 4.76. The first-order valence-electron chi connectivity index (χ1n) is 8.31. The number of rotatable bonds is 3. The van der Waals surface area contributed by atoms with Crippen molar-refractivity contribution in [3.63, 3.8) is 0 Å². The van der Waals surface area contributed by atoms with E-state index in [1.807, 2.05) is 0 Å². The van der Waals surface area contributed by atoms with Crippen LogP contribution in [0, 0.1) is 29.6 Å². The monoisotopic (exact) mass is 262 g/mol. The zero-order valence-electron chi connectivity index (χ0n) is 11.7. The fraction of sp³-hybridized carbons (Fsp3) is 0.938. The van der Waals surface area contributed by atoms with E-state index in [4.69, 9.17) is 0 Å². The molecule has 1 saturated heterocycles. The minimum absolute atomic E-state index is 0.320. The molecule has 2 bridgehead atoms. The van der Waals surface area contributed by atoms with Gasteiger partial charge < -0.3 is 10.6 Å². The quantitative estimate of drug-likeness (QED) is 0.816. The molecule has 1 heterocycles. The summed E-state index contributed by atoms with van der Waals surface area (Å²) < 4.78 is 0. The molecule has 0 spiro atoms. The first-order chi connectivity index (χ1) is 9.31. The maximum atomic E-state index is 12.2. The molecule has 4 fully saturated rings. The van der Waals surface area contributed by atoms with E-state index in [1.165, 1.54) is 38.5 Å². The SMILES string of the molecule is O=C(CC1CCNC1)NC1CC2CC1C1CCCC21. The van der Waals surface area contributed by atoms with Gasteiger partial charge in [-0.2, -0.15) is 0 Å². The van der Waals surface area contributed by atoms with Gasteiger partial charge in [-0.1, -0.05) is 6.42 Å². The summed E-state index contributed by atoms with van der Waals surface area (Å²) in [6, 6.07) is 0.520. The molecular weight excluding hydrogens is 236 g/mol. The van der Waals surface area contributed by atoms with Crippen molar-refractivity contribution in [2.45, 2.75) is 51.0 Å². The van der Waals surface area contributed by atoms with Gasteiger partial charge in [-0.25, -0.2) is 0 Å². The predicted octanol–water partition coefficient (Wildman–Crippen LogP) is 1.93. The van der Waals surface area contributed by atoms with Crippen LogP contribution in [0.5, 0.6) is 0 Å². The zero-order valence-corrected chi connectivity index (χ0v) is 11.7. The highest BCUT2D eigenvalue weighted by Crippen LogP contribution is 2.58. The first kappa shape index (κ1) is 12.2. The summed E-state index contributed by atoms with van der Waals surface area (Å²) in [5, 5.41) is 6.73. The van der Waals surface area contributed by atoms with Crippen molar-refractivity contribution in [1.82, 2.24) is 10.6 Å². The van der Waals surface area contributed by atoms with Crippen LogP contribution < -0.4 is 10.6 Å². The maximum Gasteiger partial charge on any atom is 0.220 e. The van der Waals surface area contributed by atoms with Crippen LogP contribution in [0.4, 0.5) is 0 Å². The van der Waals surface area contributed by atoms with Gasteiger partial charge in [0.05, 0.1) is 0 Å². The summed E-state index contributed by atoms with van der Waals surface area (Å²) in [6.07, 6.45) is 8.96. The summed E-state index contributed by atoms with van der Waals surface area (Å²) in [7, 11) is 0. The van der Waals surface area contributed by atoms with Crippen LogP contribution in [0.15, 0.2) is 0 Å². The van der Waals surface area contributed by atoms with E-state index in [0.29, 0.717) is 17.9 Å². The van der Waals surface area contributed by atoms with E-state index in [-0.39, 0.29) is 0 Å². The van der Waals surface area contributed by atoms with Crippen LogP contribution in [-0.2, 0) is 4.79 Å². The zero-order chi connectivity index (χ0) is 12.8. The highest BCUT2D eigenvalue weighted by Gasteiger charge is 2.53. The molecule has 0 radical (unpaired) electrons. The molecule has 6 unspecified atom stereocenters. The molecule has 1 amide bonds. The summed E-state index contributed by atoms with van der Waals surface area (Å²) in [5.41, 5.74) is 0. The lowest BCUT2D eigenvalue weighted by Crippen LogP contribution is -2.43. The third-order valence-corrected chi connectivity index (χ3v) is 6.41. The molecule has 3 saturated carbocycles. The molecule has 0 aromatic heterocycles. The van der Waals surface area contributed by atoms with E-state index in [0.717, 1.165) is 43.2 Å². The Bertz CT molecular complexity index is 364. The number of fused-ring (bicyclic) bond motifs is 5. The van der Waals surface area contributed by atoms with Gasteiger partial charge in [-0.15, -0.1) is 0 Å². The van der Waals surface area contributed by atoms with Gasteiger partial charge >= 0.3 is 0 Å². The topological polar surface area (TPSA) is 41.1 Å². The standard InChI is InChI=1S/C16H26N2O/c19-16(6-10-4-5-17-9-10)18-15-8-11-7-14(15)13-3-1-2-12(11)13/h10-15,17H,1-9H2,(H,18,19). The van der Waals surface area contributed by atoms with Crippen molar-refractivity contribution in [3.8, 4) is 0 Å². The fourth-order valence-electron chi connectivity index (χ4n) is 5.65. The third kappa shape index (κ3) is 2.10. The molecule has 1 aliphatic heterocycles. The van der Waals surface area contributed by atoms with Crippen molar-refractivity contribution in [3.05, 3.63) is 0 Å². The normalized spacial score (nSPS) is 47.6. The Balaban J connectivity index is 1.33. The van der Waals surface area contributed by atoms with Gasteiger partial charge in [-0.05, 0) is 74.8 Å². The molecule has 19 heavy (non-hydrogen) atoms. The summed E-state index contributed by atoms with van der Waals surface area (Å²) in [4.78, 5) is 12.2. The third-order valence-electron chi connectivity index (χ3n) is 6.41. The second-order valence-electron chi connectivity index (χ2n) is 7.39. The number of hydrogen-bond donors (Lipinski definition) is 2. The minimum Gasteiger partial charge on any atom is -0.353 e. The molecule has 106 valence electrons. The van der Waals surface area contributed by atoms with Crippen LogP contribution >= 0.6 is 0 Å². The molecule has 4 aliphatic rings. The molecule has 6 atom stereocenters. The largest absolute Gasteiger partial charge is 0.353 e. The van der Waals surface area contributed by atoms with Crippen LogP contribution in [0.3, 0.4) is 0 Å². The summed E-state index contributed by atoms with van der Waals surface area (Å²) in [6.45, 7) is 2.13. The number of nitrogens with one attached hydrogen (secondary N) is 2. The van der Waals surface area contributed by atoms with Gasteiger partial charge in [0, 0.05) is 12.5 Å². The Kier molecular flexibility index (Phi) is 3.06. The first-order valence-corrected chi connectivity index (χ1v) is 8.31. The number of carbonyl (C=O) groups is 1. The van der Waals surface area contributed by atoms with Gasteiger partial charge in [0.1, 0.15) is 0 Å². The van der Waals surface area contributed by atoms with Crippen LogP contribution in [0.25, 0.3) is 0 Å². The summed E-state index contributed by atoms with van der Waals surface area (Å²) in [5.74, 6) is 4.65. The van der Waals surface area contributed by atoms with E-state index in [1.54, 1.807) is 0 Å². The van der Waals surface area contributed by atoms with E-state index >= 15 is 0 Å². The molecule has 3 aliphatic carbocycles. The van der Waals surface area contributed by atoms with Crippen LogP contribution in [-0.4, -0.2) is 25.0 Å². The van der Waals surface area contributed by atoms with E-state index < -0.39 is 0 Å². The van der Waals surface area contributed by atoms with Crippen molar-refractivity contribution in [2.75, 3.05) is 13.1 Å². The van der Waals surface area contributed by atoms with Gasteiger partial charge in [-0.3, -0.25) is 4.79 Å². The Hall–Kier alpha value is -0.570. The molecule has 0 aromatic carbocycles. The second-order valence-corrected chi connectivity index (χ2v) is 7.39. The van der Waals surface area contributed by atoms with E-state index in [9.17, 15) is 4.79 Å². The number of carbonyl (C=O) groups excluding carboxylic acids is 1. The highest BCUT2D eigenvalue weighted by molar-refractivity contribution is 5.76. The average Bonchev–Trinajstić information content (AvgIpc) is 3.10. The molecule has 3 heteroatoms. The Morgan fingerprint density at radius 3 is 2.84 bits per heavy atom. The molecule has 3 nitrogen and oxygen atoms in total. The average molecular weight is 262 g/mol. The van der Waals surface area contributed by atoms with Crippen LogP contribution in [0.2, 0.25) is 0 Å². The Morgan fingerprint density at radius 1 is 1.11 bits per heavy atom. The molecule has 0 aromatic rings. The number of hydrogen-bond acceptors (Lipinski definition) is 2.